The number of fused-ring (bicyclic) bond motifs is 1. The van der Waals surface area contributed by atoms with Gasteiger partial charge in [-0.15, -0.1) is 0 Å². The highest BCUT2D eigenvalue weighted by atomic mass is 14.2. The van der Waals surface area contributed by atoms with E-state index >= 15 is 0 Å². The van der Waals surface area contributed by atoms with E-state index in [0.29, 0.717) is 0 Å². The fourth-order valence-corrected chi connectivity index (χ4v) is 5.27. The van der Waals surface area contributed by atoms with Crippen molar-refractivity contribution in [2.24, 2.45) is 0 Å². The van der Waals surface area contributed by atoms with E-state index in [2.05, 4.69) is 159 Å². The molecule has 0 aliphatic carbocycles. The van der Waals surface area contributed by atoms with E-state index in [0.717, 1.165) is 6.42 Å². The van der Waals surface area contributed by atoms with Gasteiger partial charge >= 0.3 is 0 Å². The summed E-state index contributed by atoms with van der Waals surface area (Å²) in [6, 6.07) is 52.4. The lowest BCUT2D eigenvalue weighted by Gasteiger charge is -2.18. The van der Waals surface area contributed by atoms with E-state index in [1.54, 1.807) is 0 Å². The quantitative estimate of drug-likeness (QED) is 0.205. The average molecular weight is 487 g/mol. The van der Waals surface area contributed by atoms with Crippen molar-refractivity contribution in [1.29, 1.82) is 0 Å². The number of hydrogen-bond donors (Lipinski definition) is 0. The van der Waals surface area contributed by atoms with E-state index in [9.17, 15) is 0 Å². The molecule has 0 N–H and O–H groups in total. The van der Waals surface area contributed by atoms with Crippen LogP contribution in [-0.2, 0) is 6.42 Å². The molecule has 0 saturated carbocycles. The molecule has 0 amide bonds. The van der Waals surface area contributed by atoms with Gasteiger partial charge in [0.2, 0.25) is 0 Å². The topological polar surface area (TPSA) is 0 Å². The van der Waals surface area contributed by atoms with Crippen molar-refractivity contribution in [3.8, 4) is 11.1 Å². The predicted octanol–water partition coefficient (Wildman–Crippen LogP) is 9.99. The smallest absolute Gasteiger partial charge is 0.00137 e. The van der Waals surface area contributed by atoms with Crippen molar-refractivity contribution in [3.05, 3.63) is 179 Å². The average Bonchev–Trinajstić information content (AvgIpc) is 2.99. The normalized spacial score (nSPS) is 10.9. The van der Waals surface area contributed by atoms with Crippen molar-refractivity contribution < 1.29 is 0 Å². The molecular weight excluding hydrogens is 456 g/mol. The lowest BCUT2D eigenvalue weighted by molar-refractivity contribution is 1.20. The van der Waals surface area contributed by atoms with E-state index in [-0.39, 0.29) is 0 Å². The van der Waals surface area contributed by atoms with Gasteiger partial charge < -0.3 is 0 Å². The van der Waals surface area contributed by atoms with Gasteiger partial charge in [-0.1, -0.05) is 145 Å². The minimum atomic E-state index is 0.874. The molecule has 0 radical (unpaired) electrons. The molecular formula is C38H30. The summed E-state index contributed by atoms with van der Waals surface area (Å²) in [5.74, 6) is 0. The molecule has 0 bridgehead atoms. The number of hydrogen-bond acceptors (Lipinski definition) is 0. The van der Waals surface area contributed by atoms with E-state index in [1.807, 2.05) is 0 Å². The summed E-state index contributed by atoms with van der Waals surface area (Å²) in [7, 11) is 0. The highest BCUT2D eigenvalue weighted by Crippen LogP contribution is 2.37. The van der Waals surface area contributed by atoms with Gasteiger partial charge in [0, 0.05) is 0 Å². The van der Waals surface area contributed by atoms with Crippen LogP contribution in [0.3, 0.4) is 0 Å². The van der Waals surface area contributed by atoms with Gasteiger partial charge in [-0.3, -0.25) is 0 Å². The maximum Gasteiger partial charge on any atom is -0.00137 e. The van der Waals surface area contributed by atoms with E-state index < -0.39 is 0 Å². The molecule has 6 rings (SSSR count). The van der Waals surface area contributed by atoms with Gasteiger partial charge in [-0.25, -0.2) is 0 Å². The van der Waals surface area contributed by atoms with Crippen LogP contribution in [0.1, 0.15) is 33.4 Å². The van der Waals surface area contributed by atoms with Crippen molar-refractivity contribution >= 4 is 22.4 Å². The Kier molecular flexibility index (Phi) is 6.70. The van der Waals surface area contributed by atoms with Crippen molar-refractivity contribution in [2.75, 3.05) is 0 Å². The van der Waals surface area contributed by atoms with Gasteiger partial charge in [-0.2, -0.15) is 0 Å². The largest absolute Gasteiger partial charge is 0.0622 e. The van der Waals surface area contributed by atoms with Crippen LogP contribution in [0.4, 0.5) is 0 Å². The second-order valence-electron chi connectivity index (χ2n) is 9.86. The summed E-state index contributed by atoms with van der Waals surface area (Å²) in [6.07, 6.45) is 3.27. The maximum absolute atomic E-state index is 2.40. The maximum atomic E-state index is 2.40. The van der Waals surface area contributed by atoms with Crippen LogP contribution < -0.4 is 0 Å². The monoisotopic (exact) mass is 486 g/mol. The third kappa shape index (κ3) is 4.94. The standard InChI is InChI=1S/C38H30/c1-28-21-23-29(24-22-28)25-37-33(26-36(30-13-5-2-6-14-30)31-15-7-3-8-16-31)27-38(32-17-9-4-10-18-32)35-20-12-11-19-34(35)37/h2-24,26-27H,25H2,1H3. The first kappa shape index (κ1) is 23.7. The fraction of sp³-hybridized carbons (Fsp3) is 0.0526. The molecule has 0 atom stereocenters. The Hall–Kier alpha value is -4.68. The SMILES string of the molecule is Cc1ccc(Cc2c(C=C(c3ccccc3)c3ccccc3)cc(-c3ccccc3)c3ccccc23)cc1. The Morgan fingerprint density at radius 3 is 1.68 bits per heavy atom. The number of benzene rings is 6. The Morgan fingerprint density at radius 2 is 1.08 bits per heavy atom. The van der Waals surface area contributed by atoms with Crippen LogP contribution >= 0.6 is 0 Å². The number of rotatable bonds is 6. The summed E-state index contributed by atoms with van der Waals surface area (Å²) < 4.78 is 0. The number of aryl methyl sites for hydroxylation is 1. The van der Waals surface area contributed by atoms with E-state index in [4.69, 9.17) is 0 Å². The van der Waals surface area contributed by atoms with Gasteiger partial charge in [0.05, 0.1) is 0 Å². The molecule has 0 aliphatic rings. The molecule has 38 heavy (non-hydrogen) atoms. The van der Waals surface area contributed by atoms with Crippen molar-refractivity contribution in [2.45, 2.75) is 13.3 Å². The Balaban J connectivity index is 1.65. The third-order valence-electron chi connectivity index (χ3n) is 7.25. The zero-order valence-corrected chi connectivity index (χ0v) is 21.6. The van der Waals surface area contributed by atoms with Gasteiger partial charge in [0.1, 0.15) is 0 Å². The summed E-state index contributed by atoms with van der Waals surface area (Å²) in [6.45, 7) is 2.15. The second-order valence-corrected chi connectivity index (χ2v) is 9.86. The van der Waals surface area contributed by atoms with Crippen LogP contribution in [0.5, 0.6) is 0 Å². The third-order valence-corrected chi connectivity index (χ3v) is 7.25. The van der Waals surface area contributed by atoms with E-state index in [1.165, 1.54) is 60.9 Å². The first-order chi connectivity index (χ1) is 18.8. The predicted molar refractivity (Wildman–Crippen MR) is 163 cm³/mol. The first-order valence-electron chi connectivity index (χ1n) is 13.2. The summed E-state index contributed by atoms with van der Waals surface area (Å²) in [4.78, 5) is 0. The zero-order chi connectivity index (χ0) is 25.7. The molecule has 0 unspecified atom stereocenters. The van der Waals surface area contributed by atoms with Crippen LogP contribution in [0.15, 0.2) is 146 Å². The highest BCUT2D eigenvalue weighted by Gasteiger charge is 2.15. The fourth-order valence-electron chi connectivity index (χ4n) is 5.27. The molecule has 0 aromatic heterocycles. The van der Waals surface area contributed by atoms with Crippen LogP contribution in [0, 0.1) is 6.92 Å². The first-order valence-corrected chi connectivity index (χ1v) is 13.2. The van der Waals surface area contributed by atoms with Crippen molar-refractivity contribution in [3.63, 3.8) is 0 Å². The van der Waals surface area contributed by atoms with Gasteiger partial charge in [-0.05, 0) is 80.8 Å². The molecule has 6 aromatic carbocycles. The summed E-state index contributed by atoms with van der Waals surface area (Å²) >= 11 is 0. The van der Waals surface area contributed by atoms with Crippen LogP contribution in [-0.4, -0.2) is 0 Å². The molecule has 0 heterocycles. The molecule has 182 valence electrons. The van der Waals surface area contributed by atoms with Crippen LogP contribution in [0.2, 0.25) is 0 Å². The minimum absolute atomic E-state index is 0.874. The molecule has 0 heteroatoms. The molecule has 0 spiro atoms. The van der Waals surface area contributed by atoms with Crippen molar-refractivity contribution in [1.82, 2.24) is 0 Å². The van der Waals surface area contributed by atoms with Crippen LogP contribution in [0.25, 0.3) is 33.5 Å². The molecule has 0 nitrogen and oxygen atoms in total. The lowest BCUT2D eigenvalue weighted by atomic mass is 9.86. The Labute approximate surface area is 225 Å². The Morgan fingerprint density at radius 1 is 0.553 bits per heavy atom. The summed E-state index contributed by atoms with van der Waals surface area (Å²) in [5, 5.41) is 2.60. The second kappa shape index (κ2) is 10.7. The van der Waals surface area contributed by atoms with Gasteiger partial charge in [0.25, 0.3) is 0 Å². The lowest BCUT2D eigenvalue weighted by Crippen LogP contribution is -1.98. The molecule has 0 aliphatic heterocycles. The zero-order valence-electron chi connectivity index (χ0n) is 21.6. The Bertz CT molecular complexity index is 1650. The molecule has 6 aromatic rings. The highest BCUT2D eigenvalue weighted by molar-refractivity contribution is 6.03. The molecule has 0 fully saturated rings. The minimum Gasteiger partial charge on any atom is -0.0622 e. The van der Waals surface area contributed by atoms with Gasteiger partial charge in [0.15, 0.2) is 0 Å². The molecule has 0 saturated heterocycles. The summed E-state index contributed by atoms with van der Waals surface area (Å²) in [5.41, 5.74) is 11.4.